The van der Waals surface area contributed by atoms with Crippen LogP contribution in [-0.2, 0) is 10.0 Å². The number of benzene rings is 2. The normalized spacial score (nSPS) is 15.9. The van der Waals surface area contributed by atoms with Gasteiger partial charge >= 0.3 is 0 Å². The minimum atomic E-state index is -3.78. The molecule has 1 fully saturated rings. The number of nitrogens with zero attached hydrogens (tertiary/aromatic N) is 1. The van der Waals surface area contributed by atoms with Crippen molar-refractivity contribution in [3.05, 3.63) is 59.2 Å². The van der Waals surface area contributed by atoms with Gasteiger partial charge in [0.05, 0.1) is 4.90 Å². The van der Waals surface area contributed by atoms with Crippen LogP contribution in [0, 0.1) is 19.8 Å². The molecular weight excluding hydrogens is 386 g/mol. The highest BCUT2D eigenvalue weighted by atomic mass is 32.2. The average molecular weight is 414 g/mol. The molecule has 0 unspecified atom stereocenters. The Kier molecular flexibility index (Phi) is 6.49. The van der Waals surface area contributed by atoms with Gasteiger partial charge in [0.2, 0.25) is 0 Å². The zero-order valence-electron chi connectivity index (χ0n) is 17.0. The van der Waals surface area contributed by atoms with Gasteiger partial charge in [0.15, 0.2) is 0 Å². The number of amides is 1. The standard InChI is InChI=1S/C22H27N3O3S/c1-15-6-4-5-7-20(15)22(26)24-21-9-8-19(14-16(21)2)29(27,28)25-17(3)18-10-12-23-13-11-18/h4-9,14,18,23H,10-13H2,1-3H3,(H,24,26). The molecule has 1 saturated heterocycles. The summed E-state index contributed by atoms with van der Waals surface area (Å²) < 4.78 is 29.6. The summed E-state index contributed by atoms with van der Waals surface area (Å²) in [5.41, 5.74) is 3.37. The smallest absolute Gasteiger partial charge is 0.282 e. The third kappa shape index (κ3) is 5.10. The van der Waals surface area contributed by atoms with Gasteiger partial charge in [-0.05, 0) is 82.1 Å². The second-order valence-corrected chi connectivity index (χ2v) is 9.08. The third-order valence-corrected chi connectivity index (χ3v) is 6.71. The van der Waals surface area contributed by atoms with E-state index in [-0.39, 0.29) is 16.7 Å². The van der Waals surface area contributed by atoms with Crippen molar-refractivity contribution in [2.24, 2.45) is 10.3 Å². The maximum atomic E-state index is 12.7. The van der Waals surface area contributed by atoms with Gasteiger partial charge in [-0.1, -0.05) is 18.2 Å². The fourth-order valence-corrected chi connectivity index (χ4v) is 4.71. The molecule has 0 aromatic heterocycles. The lowest BCUT2D eigenvalue weighted by atomic mass is 9.94. The lowest BCUT2D eigenvalue weighted by molar-refractivity contribution is 0.102. The number of hydrogen-bond acceptors (Lipinski definition) is 4. The van der Waals surface area contributed by atoms with Crippen molar-refractivity contribution in [1.29, 1.82) is 0 Å². The van der Waals surface area contributed by atoms with E-state index in [0.29, 0.717) is 22.5 Å². The first-order valence-electron chi connectivity index (χ1n) is 9.78. The van der Waals surface area contributed by atoms with E-state index in [1.54, 1.807) is 32.0 Å². The molecule has 29 heavy (non-hydrogen) atoms. The molecule has 2 N–H and O–H groups in total. The van der Waals surface area contributed by atoms with E-state index in [9.17, 15) is 13.2 Å². The van der Waals surface area contributed by atoms with Crippen LogP contribution in [0.3, 0.4) is 0 Å². The Morgan fingerprint density at radius 2 is 1.76 bits per heavy atom. The summed E-state index contributed by atoms with van der Waals surface area (Å²) in [5, 5.41) is 6.13. The lowest BCUT2D eigenvalue weighted by Gasteiger charge is -2.22. The van der Waals surface area contributed by atoms with Crippen molar-refractivity contribution in [1.82, 2.24) is 5.32 Å². The fourth-order valence-electron chi connectivity index (χ4n) is 3.51. The third-order valence-electron chi connectivity index (χ3n) is 5.33. The van der Waals surface area contributed by atoms with Gasteiger partial charge in [0, 0.05) is 22.9 Å². The Morgan fingerprint density at radius 3 is 2.41 bits per heavy atom. The lowest BCUT2D eigenvalue weighted by Crippen LogP contribution is -2.31. The van der Waals surface area contributed by atoms with Crippen LogP contribution in [0.1, 0.15) is 41.3 Å². The monoisotopic (exact) mass is 413 g/mol. The summed E-state index contributed by atoms with van der Waals surface area (Å²) in [4.78, 5) is 12.7. The molecule has 2 aromatic rings. The van der Waals surface area contributed by atoms with E-state index in [2.05, 4.69) is 15.0 Å². The second-order valence-electron chi connectivity index (χ2n) is 7.48. The van der Waals surface area contributed by atoms with Crippen molar-refractivity contribution in [2.45, 2.75) is 38.5 Å². The van der Waals surface area contributed by atoms with E-state index in [1.807, 2.05) is 25.1 Å². The van der Waals surface area contributed by atoms with Gasteiger partial charge in [-0.2, -0.15) is 12.8 Å². The summed E-state index contributed by atoms with van der Waals surface area (Å²) in [6.07, 6.45) is 1.79. The maximum Gasteiger partial charge on any atom is 0.282 e. The fraction of sp³-hybridized carbons (Fsp3) is 0.364. The van der Waals surface area contributed by atoms with Crippen molar-refractivity contribution in [3.63, 3.8) is 0 Å². The summed E-state index contributed by atoms with van der Waals surface area (Å²) >= 11 is 0. The molecule has 1 aliphatic rings. The van der Waals surface area contributed by atoms with Crippen LogP contribution < -0.4 is 10.6 Å². The minimum absolute atomic E-state index is 0.136. The molecule has 1 heterocycles. The molecule has 6 nitrogen and oxygen atoms in total. The summed E-state index contributed by atoms with van der Waals surface area (Å²) in [7, 11) is -3.78. The number of carbonyl (C=O) groups is 1. The Hall–Kier alpha value is -2.51. The molecule has 0 radical (unpaired) electrons. The summed E-state index contributed by atoms with van der Waals surface area (Å²) in [5.74, 6) is -0.0265. The molecule has 1 aliphatic heterocycles. The molecule has 154 valence electrons. The van der Waals surface area contributed by atoms with Crippen LogP contribution in [0.2, 0.25) is 0 Å². The van der Waals surface area contributed by atoms with Gasteiger partial charge in [0.1, 0.15) is 0 Å². The molecule has 0 atom stereocenters. The van der Waals surface area contributed by atoms with Crippen molar-refractivity contribution < 1.29 is 13.2 Å². The topological polar surface area (TPSA) is 87.6 Å². The number of anilines is 1. The highest BCUT2D eigenvalue weighted by Crippen LogP contribution is 2.23. The Balaban J connectivity index is 1.79. The van der Waals surface area contributed by atoms with Gasteiger partial charge in [0.25, 0.3) is 15.9 Å². The molecule has 0 aliphatic carbocycles. The van der Waals surface area contributed by atoms with E-state index in [1.165, 1.54) is 6.07 Å². The zero-order chi connectivity index (χ0) is 21.0. The predicted octanol–water partition coefficient (Wildman–Crippen LogP) is 3.70. The summed E-state index contributed by atoms with van der Waals surface area (Å²) in [6.45, 7) is 7.20. The number of rotatable bonds is 5. The van der Waals surface area contributed by atoms with E-state index in [0.717, 1.165) is 31.5 Å². The van der Waals surface area contributed by atoms with Gasteiger partial charge in [-0.25, -0.2) is 0 Å². The van der Waals surface area contributed by atoms with Crippen LogP contribution in [0.25, 0.3) is 0 Å². The molecule has 1 amide bonds. The average Bonchev–Trinajstić information content (AvgIpc) is 2.70. The van der Waals surface area contributed by atoms with Gasteiger partial charge < -0.3 is 10.6 Å². The quantitative estimate of drug-likeness (QED) is 0.732. The minimum Gasteiger partial charge on any atom is -0.322 e. The maximum absolute atomic E-state index is 12.7. The van der Waals surface area contributed by atoms with Crippen molar-refractivity contribution in [3.8, 4) is 0 Å². The first-order valence-corrected chi connectivity index (χ1v) is 11.2. The van der Waals surface area contributed by atoms with Crippen LogP contribution in [0.5, 0.6) is 0 Å². The molecular formula is C22H27N3O3S. The molecule has 3 rings (SSSR count). The zero-order valence-corrected chi connectivity index (χ0v) is 17.8. The second kappa shape index (κ2) is 8.88. The largest absolute Gasteiger partial charge is 0.322 e. The van der Waals surface area contributed by atoms with Crippen LogP contribution in [0.15, 0.2) is 51.8 Å². The first kappa shape index (κ1) is 21.2. The number of nitrogens with one attached hydrogen (secondary N) is 2. The highest BCUT2D eigenvalue weighted by molar-refractivity contribution is 7.90. The van der Waals surface area contributed by atoms with Crippen LogP contribution in [0.4, 0.5) is 5.69 Å². The van der Waals surface area contributed by atoms with Crippen LogP contribution >= 0.6 is 0 Å². The Labute approximate surface area is 172 Å². The number of hydrogen-bond donors (Lipinski definition) is 2. The van der Waals surface area contributed by atoms with E-state index in [4.69, 9.17) is 0 Å². The van der Waals surface area contributed by atoms with Crippen LogP contribution in [-0.4, -0.2) is 33.1 Å². The van der Waals surface area contributed by atoms with E-state index < -0.39 is 10.0 Å². The molecule has 0 bridgehead atoms. The highest BCUT2D eigenvalue weighted by Gasteiger charge is 2.21. The molecule has 0 saturated carbocycles. The van der Waals surface area contributed by atoms with Crippen molar-refractivity contribution >= 4 is 27.3 Å². The van der Waals surface area contributed by atoms with Gasteiger partial charge in [-0.3, -0.25) is 4.79 Å². The number of aryl methyl sites for hydroxylation is 2. The Bertz CT molecular complexity index is 1040. The Morgan fingerprint density at radius 1 is 1.07 bits per heavy atom. The SMILES string of the molecule is CC(=NS(=O)(=O)c1ccc(NC(=O)c2ccccc2C)c(C)c1)C1CCNCC1. The molecule has 2 aromatic carbocycles. The molecule has 0 spiro atoms. The number of piperidine rings is 1. The van der Waals surface area contributed by atoms with E-state index >= 15 is 0 Å². The number of sulfonamides is 1. The van der Waals surface area contributed by atoms with Crippen molar-refractivity contribution in [2.75, 3.05) is 18.4 Å². The predicted molar refractivity (Wildman–Crippen MR) is 116 cm³/mol. The first-order chi connectivity index (χ1) is 13.8. The number of carbonyl (C=O) groups excluding carboxylic acids is 1. The summed E-state index contributed by atoms with van der Waals surface area (Å²) in [6, 6.07) is 12.0. The van der Waals surface area contributed by atoms with Gasteiger partial charge in [-0.15, -0.1) is 0 Å². The molecule has 7 heteroatoms.